The summed E-state index contributed by atoms with van der Waals surface area (Å²) in [4.78, 5) is 24.1. The molecular formula is C20H23NO3. The van der Waals surface area contributed by atoms with Gasteiger partial charge >= 0.3 is 0 Å². The van der Waals surface area contributed by atoms with Crippen LogP contribution in [0.2, 0.25) is 0 Å². The van der Waals surface area contributed by atoms with Crippen molar-refractivity contribution in [3.8, 4) is 5.75 Å². The van der Waals surface area contributed by atoms with E-state index >= 15 is 0 Å². The first-order valence-corrected chi connectivity index (χ1v) is 9.13. The molecule has 0 saturated heterocycles. The highest BCUT2D eigenvalue weighted by Gasteiger charge is 2.53. The van der Waals surface area contributed by atoms with Gasteiger partial charge in [0.25, 0.3) is 11.8 Å². The van der Waals surface area contributed by atoms with Crippen molar-refractivity contribution in [2.45, 2.75) is 58.0 Å². The van der Waals surface area contributed by atoms with Gasteiger partial charge in [-0.2, -0.15) is 0 Å². The van der Waals surface area contributed by atoms with Crippen LogP contribution in [0.1, 0.15) is 70.4 Å². The Morgan fingerprint density at radius 1 is 1.00 bits per heavy atom. The Hall–Kier alpha value is -1.84. The number of amides is 2. The molecule has 4 saturated carbocycles. The minimum Gasteiger partial charge on any atom is -0.487 e. The fraction of sp³-hybridized carbons (Fsp3) is 0.600. The third-order valence-corrected chi connectivity index (χ3v) is 6.70. The predicted molar refractivity (Wildman–Crippen MR) is 89.2 cm³/mol. The summed E-state index contributed by atoms with van der Waals surface area (Å²) in [5.74, 6) is 2.70. The Morgan fingerprint density at radius 2 is 1.58 bits per heavy atom. The van der Waals surface area contributed by atoms with Crippen molar-refractivity contribution < 1.29 is 14.3 Å². The van der Waals surface area contributed by atoms with E-state index in [-0.39, 0.29) is 17.4 Å². The average molecular weight is 325 g/mol. The zero-order valence-corrected chi connectivity index (χ0v) is 14.3. The van der Waals surface area contributed by atoms with Crippen molar-refractivity contribution >= 4 is 11.8 Å². The number of ether oxygens (including phenoxy) is 1. The lowest BCUT2D eigenvalue weighted by Crippen LogP contribution is -2.53. The van der Waals surface area contributed by atoms with Crippen LogP contribution in [0.5, 0.6) is 5.75 Å². The molecule has 1 aliphatic heterocycles. The van der Waals surface area contributed by atoms with Crippen molar-refractivity contribution in [2.24, 2.45) is 17.8 Å². The lowest BCUT2D eigenvalue weighted by Gasteiger charge is -2.56. The van der Waals surface area contributed by atoms with Crippen LogP contribution in [0.4, 0.5) is 0 Å². The van der Waals surface area contributed by atoms with Gasteiger partial charge in [0.15, 0.2) is 0 Å². The Morgan fingerprint density at radius 3 is 2.17 bits per heavy atom. The smallest absolute Gasteiger partial charge is 0.259 e. The summed E-state index contributed by atoms with van der Waals surface area (Å²) in [6.07, 6.45) is 7.59. The van der Waals surface area contributed by atoms with Gasteiger partial charge < -0.3 is 4.74 Å². The second kappa shape index (κ2) is 4.62. The normalized spacial score (nSPS) is 36.0. The summed E-state index contributed by atoms with van der Waals surface area (Å²) < 4.78 is 6.69. The maximum absolute atomic E-state index is 12.1. The molecule has 4 aliphatic carbocycles. The highest BCUT2D eigenvalue weighted by molar-refractivity contribution is 6.22. The summed E-state index contributed by atoms with van der Waals surface area (Å²) in [5.41, 5.74) is 2.74. The van der Waals surface area contributed by atoms with Gasteiger partial charge in [-0.05, 0) is 81.8 Å². The summed E-state index contributed by atoms with van der Waals surface area (Å²) >= 11 is 0. The molecule has 24 heavy (non-hydrogen) atoms. The lowest BCUT2D eigenvalue weighted by molar-refractivity contribution is -0.108. The molecular weight excluding hydrogens is 302 g/mol. The van der Waals surface area contributed by atoms with Crippen molar-refractivity contribution in [3.63, 3.8) is 0 Å². The van der Waals surface area contributed by atoms with Gasteiger partial charge in [-0.25, -0.2) is 0 Å². The number of hydrogen-bond donors (Lipinski definition) is 1. The number of benzene rings is 1. The molecule has 0 aromatic heterocycles. The maximum Gasteiger partial charge on any atom is 0.259 e. The van der Waals surface area contributed by atoms with Crippen LogP contribution in [0.15, 0.2) is 6.07 Å². The monoisotopic (exact) mass is 325 g/mol. The molecule has 1 N–H and O–H groups in total. The summed E-state index contributed by atoms with van der Waals surface area (Å²) in [6, 6.07) is 1.82. The van der Waals surface area contributed by atoms with E-state index < -0.39 is 0 Å². The van der Waals surface area contributed by atoms with Crippen LogP contribution in [0.3, 0.4) is 0 Å². The van der Waals surface area contributed by atoms with Gasteiger partial charge in [-0.1, -0.05) is 0 Å². The van der Waals surface area contributed by atoms with E-state index in [2.05, 4.69) is 5.32 Å². The minimum atomic E-state index is -0.289. The van der Waals surface area contributed by atoms with E-state index in [1.165, 1.54) is 19.3 Å². The third-order valence-electron chi connectivity index (χ3n) is 6.70. The van der Waals surface area contributed by atoms with Gasteiger partial charge in [0, 0.05) is 5.56 Å². The molecule has 0 unspecified atom stereocenters. The minimum absolute atomic E-state index is 0.0441. The Labute approximate surface area is 142 Å². The first-order valence-electron chi connectivity index (χ1n) is 9.13. The van der Waals surface area contributed by atoms with Gasteiger partial charge in [0.2, 0.25) is 0 Å². The molecule has 6 rings (SSSR count). The standard InChI is InChI=1S/C20H23NO3/c1-10-3-15-16(19(23)21-18(15)22)11(2)17(10)24-20-7-12-4-13(8-20)6-14(5-12)9-20/h3,12-14H,4-9H2,1-2H3,(H,21,22,23). The number of hydrogen-bond acceptors (Lipinski definition) is 3. The van der Waals surface area contributed by atoms with Crippen molar-refractivity contribution in [3.05, 3.63) is 28.3 Å². The van der Waals surface area contributed by atoms with Gasteiger partial charge in [0.05, 0.1) is 11.1 Å². The molecule has 4 nitrogen and oxygen atoms in total. The number of nitrogens with one attached hydrogen (secondary N) is 1. The van der Waals surface area contributed by atoms with Crippen molar-refractivity contribution in [2.75, 3.05) is 0 Å². The van der Waals surface area contributed by atoms with Gasteiger partial charge in [-0.15, -0.1) is 0 Å². The molecule has 1 aromatic rings. The van der Waals surface area contributed by atoms with Gasteiger partial charge in [0.1, 0.15) is 11.4 Å². The highest BCUT2D eigenvalue weighted by Crippen LogP contribution is 2.57. The number of carbonyl (C=O) groups excluding carboxylic acids is 2. The van der Waals surface area contributed by atoms with E-state index in [0.29, 0.717) is 11.1 Å². The Kier molecular flexibility index (Phi) is 2.79. The van der Waals surface area contributed by atoms with Gasteiger partial charge in [-0.3, -0.25) is 14.9 Å². The molecule has 0 spiro atoms. The number of imide groups is 1. The van der Waals surface area contributed by atoms with Crippen LogP contribution in [-0.4, -0.2) is 17.4 Å². The Balaban J connectivity index is 1.56. The molecule has 2 amide bonds. The first-order chi connectivity index (χ1) is 11.4. The SMILES string of the molecule is Cc1cc2c(c(C)c1OC13CC4CC(CC(C4)C1)C3)C(=O)NC2=O. The fourth-order valence-corrected chi connectivity index (χ4v) is 6.20. The van der Waals surface area contributed by atoms with Crippen molar-refractivity contribution in [1.82, 2.24) is 5.32 Å². The van der Waals surface area contributed by atoms with E-state index in [9.17, 15) is 9.59 Å². The molecule has 0 atom stereocenters. The fourth-order valence-electron chi connectivity index (χ4n) is 6.20. The quantitative estimate of drug-likeness (QED) is 0.846. The highest BCUT2D eigenvalue weighted by atomic mass is 16.5. The van der Waals surface area contributed by atoms with E-state index in [4.69, 9.17) is 4.74 Å². The Bertz CT molecular complexity index is 744. The predicted octanol–water partition coefficient (Wildman–Crippen LogP) is 3.53. The molecule has 5 aliphatic rings. The zero-order valence-electron chi connectivity index (χ0n) is 14.3. The number of rotatable bonds is 2. The average Bonchev–Trinajstić information content (AvgIpc) is 2.76. The van der Waals surface area contributed by atoms with E-state index in [1.54, 1.807) is 0 Å². The molecule has 1 heterocycles. The summed E-state index contributed by atoms with van der Waals surface area (Å²) in [5, 5.41) is 2.40. The second-order valence-electron chi connectivity index (χ2n) is 8.56. The molecule has 4 fully saturated rings. The van der Waals surface area contributed by atoms with Crippen LogP contribution < -0.4 is 10.1 Å². The second-order valence-corrected chi connectivity index (χ2v) is 8.56. The van der Waals surface area contributed by atoms with Crippen LogP contribution in [0.25, 0.3) is 0 Å². The third kappa shape index (κ3) is 1.92. The zero-order chi connectivity index (χ0) is 16.6. The molecule has 0 radical (unpaired) electrons. The lowest BCUT2D eigenvalue weighted by atomic mass is 9.54. The molecule has 4 heteroatoms. The van der Waals surface area contributed by atoms with E-state index in [1.807, 2.05) is 19.9 Å². The van der Waals surface area contributed by atoms with Crippen LogP contribution in [-0.2, 0) is 0 Å². The largest absolute Gasteiger partial charge is 0.487 e. The van der Waals surface area contributed by atoms with Crippen LogP contribution >= 0.6 is 0 Å². The summed E-state index contributed by atoms with van der Waals surface area (Å²) in [6.45, 7) is 3.90. The van der Waals surface area contributed by atoms with E-state index in [0.717, 1.165) is 53.9 Å². The number of fused-ring (bicyclic) bond motifs is 1. The maximum atomic E-state index is 12.1. The van der Waals surface area contributed by atoms with Crippen molar-refractivity contribution in [1.29, 1.82) is 0 Å². The summed E-state index contributed by atoms with van der Waals surface area (Å²) in [7, 11) is 0. The molecule has 4 bridgehead atoms. The van der Waals surface area contributed by atoms with Crippen LogP contribution in [0, 0.1) is 31.6 Å². The molecule has 126 valence electrons. The topological polar surface area (TPSA) is 55.4 Å². The number of aryl methyl sites for hydroxylation is 1. The first kappa shape index (κ1) is 14.5. The molecule has 1 aromatic carbocycles. The number of carbonyl (C=O) groups is 2.